The van der Waals surface area contributed by atoms with E-state index in [4.69, 9.17) is 11.6 Å². The number of carbonyl (C=O) groups excluding carboxylic acids is 1. The Morgan fingerprint density at radius 3 is 2.93 bits per heavy atom. The molecule has 1 aromatic rings. The van der Waals surface area contributed by atoms with Crippen molar-refractivity contribution in [2.24, 2.45) is 0 Å². The van der Waals surface area contributed by atoms with Crippen LogP contribution in [0.2, 0.25) is 4.34 Å². The maximum atomic E-state index is 11.9. The molecular formula is C9H10ClNOS2. The summed E-state index contributed by atoms with van der Waals surface area (Å²) in [5.41, 5.74) is 0. The summed E-state index contributed by atoms with van der Waals surface area (Å²) in [5.74, 6) is 1.14. The lowest BCUT2D eigenvalue weighted by Gasteiger charge is -2.19. The van der Waals surface area contributed by atoms with Gasteiger partial charge in [-0.2, -0.15) is 0 Å². The topological polar surface area (TPSA) is 20.3 Å². The fourth-order valence-electron chi connectivity index (χ4n) is 1.43. The number of thioether (sulfide) groups is 1. The molecule has 0 N–H and O–H groups in total. The summed E-state index contributed by atoms with van der Waals surface area (Å²) >= 11 is 8.95. The average molecular weight is 248 g/mol. The van der Waals surface area contributed by atoms with Crippen LogP contribution in [0.1, 0.15) is 16.6 Å². The maximum absolute atomic E-state index is 11.9. The van der Waals surface area contributed by atoms with Gasteiger partial charge in [0.05, 0.1) is 14.6 Å². The van der Waals surface area contributed by atoms with E-state index >= 15 is 0 Å². The minimum absolute atomic E-state index is 0.111. The third kappa shape index (κ3) is 1.92. The van der Waals surface area contributed by atoms with Gasteiger partial charge in [0.2, 0.25) is 0 Å². The molecule has 1 atom stereocenters. The molecule has 14 heavy (non-hydrogen) atoms. The van der Waals surface area contributed by atoms with Crippen LogP contribution in [-0.2, 0) is 0 Å². The van der Waals surface area contributed by atoms with Gasteiger partial charge in [-0.25, -0.2) is 0 Å². The molecule has 1 aromatic heterocycles. The van der Waals surface area contributed by atoms with E-state index in [9.17, 15) is 4.79 Å². The van der Waals surface area contributed by atoms with Crippen LogP contribution in [0, 0.1) is 0 Å². The maximum Gasteiger partial charge on any atom is 0.264 e. The fraction of sp³-hybridized carbons (Fsp3) is 0.444. The van der Waals surface area contributed by atoms with Crippen LogP contribution < -0.4 is 0 Å². The normalized spacial score (nSPS) is 21.6. The van der Waals surface area contributed by atoms with E-state index in [-0.39, 0.29) is 5.91 Å². The fourth-order valence-corrected chi connectivity index (χ4v) is 3.45. The van der Waals surface area contributed by atoms with Gasteiger partial charge in [-0.05, 0) is 19.1 Å². The lowest BCUT2D eigenvalue weighted by molar-refractivity contribution is 0.0773. The van der Waals surface area contributed by atoms with Crippen molar-refractivity contribution in [3.63, 3.8) is 0 Å². The first-order valence-electron chi connectivity index (χ1n) is 4.36. The van der Waals surface area contributed by atoms with Crippen molar-refractivity contribution in [2.45, 2.75) is 12.3 Å². The van der Waals surface area contributed by atoms with Gasteiger partial charge in [0, 0.05) is 12.3 Å². The third-order valence-corrected chi connectivity index (χ3v) is 4.55. The van der Waals surface area contributed by atoms with Crippen molar-refractivity contribution < 1.29 is 4.79 Å². The van der Waals surface area contributed by atoms with Crippen LogP contribution in [0.15, 0.2) is 12.1 Å². The largest absolute Gasteiger partial charge is 0.325 e. The summed E-state index contributed by atoms with van der Waals surface area (Å²) in [5, 5.41) is 0.295. The standard InChI is InChI=1S/C9H10ClNOS2/c1-6-11(4-5-13-6)9(12)7-2-3-8(10)14-7/h2-3,6H,4-5H2,1H3. The predicted molar refractivity (Wildman–Crippen MR) is 62.3 cm³/mol. The Bertz CT molecular complexity index is 352. The summed E-state index contributed by atoms with van der Waals surface area (Å²) in [6.07, 6.45) is 0. The molecule has 0 aromatic carbocycles. The van der Waals surface area contributed by atoms with E-state index in [0.717, 1.165) is 17.2 Å². The molecule has 1 aliphatic heterocycles. The highest BCUT2D eigenvalue weighted by molar-refractivity contribution is 8.00. The van der Waals surface area contributed by atoms with Gasteiger partial charge in [0.1, 0.15) is 0 Å². The number of amides is 1. The third-order valence-electron chi connectivity index (χ3n) is 2.18. The Balaban J connectivity index is 2.15. The van der Waals surface area contributed by atoms with Gasteiger partial charge >= 0.3 is 0 Å². The van der Waals surface area contributed by atoms with E-state index in [0.29, 0.717) is 9.71 Å². The SMILES string of the molecule is CC1SCCN1C(=O)c1ccc(Cl)s1. The quantitative estimate of drug-likeness (QED) is 0.761. The number of thiophene rings is 1. The highest BCUT2D eigenvalue weighted by atomic mass is 35.5. The number of hydrogen-bond donors (Lipinski definition) is 0. The van der Waals surface area contributed by atoms with Crippen LogP contribution in [0.4, 0.5) is 0 Å². The first kappa shape index (κ1) is 10.3. The van der Waals surface area contributed by atoms with Crippen LogP contribution in [0.3, 0.4) is 0 Å². The molecule has 1 unspecified atom stereocenters. The Hall–Kier alpha value is -0.190. The summed E-state index contributed by atoms with van der Waals surface area (Å²) in [6.45, 7) is 2.91. The number of halogens is 1. The number of carbonyl (C=O) groups is 1. The molecule has 0 spiro atoms. The van der Waals surface area contributed by atoms with E-state index in [1.54, 1.807) is 12.1 Å². The number of nitrogens with zero attached hydrogens (tertiary/aromatic N) is 1. The molecule has 0 saturated carbocycles. The molecule has 1 saturated heterocycles. The zero-order valence-corrected chi connectivity index (χ0v) is 10.1. The second-order valence-corrected chi connectivity index (χ2v) is 6.21. The Labute approximate surface area is 96.2 Å². The second kappa shape index (κ2) is 4.13. The first-order valence-corrected chi connectivity index (χ1v) is 6.61. The van der Waals surface area contributed by atoms with E-state index in [1.807, 2.05) is 16.7 Å². The summed E-state index contributed by atoms with van der Waals surface area (Å²) < 4.78 is 0.674. The molecule has 2 nitrogen and oxygen atoms in total. The smallest absolute Gasteiger partial charge is 0.264 e. The van der Waals surface area contributed by atoms with E-state index in [2.05, 4.69) is 6.92 Å². The molecule has 76 valence electrons. The summed E-state index contributed by atoms with van der Waals surface area (Å²) in [6, 6.07) is 3.57. The monoisotopic (exact) mass is 247 g/mol. The van der Waals surface area contributed by atoms with Gasteiger partial charge in [-0.15, -0.1) is 23.1 Å². The molecular weight excluding hydrogens is 238 g/mol. The van der Waals surface area contributed by atoms with Crippen LogP contribution in [0.25, 0.3) is 0 Å². The molecule has 2 rings (SSSR count). The van der Waals surface area contributed by atoms with E-state index in [1.165, 1.54) is 11.3 Å². The van der Waals surface area contributed by atoms with Crippen molar-refractivity contribution in [1.82, 2.24) is 4.90 Å². The second-order valence-electron chi connectivity index (χ2n) is 3.07. The number of hydrogen-bond acceptors (Lipinski definition) is 3. The Kier molecular flexibility index (Phi) is 3.04. The first-order chi connectivity index (χ1) is 6.68. The van der Waals surface area contributed by atoms with Crippen LogP contribution in [0.5, 0.6) is 0 Å². The molecule has 0 radical (unpaired) electrons. The average Bonchev–Trinajstić information content (AvgIpc) is 2.73. The summed E-state index contributed by atoms with van der Waals surface area (Å²) in [4.78, 5) is 14.6. The molecule has 2 heterocycles. The van der Waals surface area contributed by atoms with Crippen molar-refractivity contribution in [2.75, 3.05) is 12.3 Å². The van der Waals surface area contributed by atoms with Gasteiger partial charge in [0.15, 0.2) is 0 Å². The molecule has 0 bridgehead atoms. The predicted octanol–water partition coefficient (Wildman–Crippen LogP) is 2.94. The zero-order valence-electron chi connectivity index (χ0n) is 7.70. The Morgan fingerprint density at radius 2 is 2.43 bits per heavy atom. The minimum Gasteiger partial charge on any atom is -0.325 e. The van der Waals surface area contributed by atoms with E-state index < -0.39 is 0 Å². The van der Waals surface area contributed by atoms with Crippen molar-refractivity contribution in [3.05, 3.63) is 21.3 Å². The summed E-state index contributed by atoms with van der Waals surface area (Å²) in [7, 11) is 0. The van der Waals surface area contributed by atoms with Gasteiger partial charge in [-0.3, -0.25) is 4.79 Å². The van der Waals surface area contributed by atoms with Gasteiger partial charge in [0.25, 0.3) is 5.91 Å². The van der Waals surface area contributed by atoms with Crippen molar-refractivity contribution in [3.8, 4) is 0 Å². The molecule has 1 fully saturated rings. The van der Waals surface area contributed by atoms with Gasteiger partial charge < -0.3 is 4.90 Å². The minimum atomic E-state index is 0.111. The molecule has 1 aliphatic rings. The lowest BCUT2D eigenvalue weighted by Crippen LogP contribution is -2.32. The van der Waals surface area contributed by atoms with Gasteiger partial charge in [-0.1, -0.05) is 11.6 Å². The highest BCUT2D eigenvalue weighted by Crippen LogP contribution is 2.28. The van der Waals surface area contributed by atoms with Crippen LogP contribution >= 0.6 is 34.7 Å². The zero-order chi connectivity index (χ0) is 10.1. The molecule has 5 heteroatoms. The Morgan fingerprint density at radius 1 is 1.64 bits per heavy atom. The van der Waals surface area contributed by atoms with Crippen molar-refractivity contribution >= 4 is 40.6 Å². The number of rotatable bonds is 1. The lowest BCUT2D eigenvalue weighted by atomic mass is 10.4. The molecule has 1 amide bonds. The highest BCUT2D eigenvalue weighted by Gasteiger charge is 2.27. The molecule has 0 aliphatic carbocycles. The van der Waals surface area contributed by atoms with Crippen LogP contribution in [-0.4, -0.2) is 28.5 Å². The van der Waals surface area contributed by atoms with Crippen molar-refractivity contribution in [1.29, 1.82) is 0 Å².